The van der Waals surface area contributed by atoms with E-state index in [0.29, 0.717) is 28.9 Å². The van der Waals surface area contributed by atoms with Crippen LogP contribution in [0.1, 0.15) is 0 Å². The van der Waals surface area contributed by atoms with E-state index in [-0.39, 0.29) is 12.8 Å². The van der Waals surface area contributed by atoms with Gasteiger partial charge in [-0.15, -0.1) is 0 Å². The van der Waals surface area contributed by atoms with Crippen LogP contribution in [0.3, 0.4) is 0 Å². The van der Waals surface area contributed by atoms with Gasteiger partial charge >= 0.3 is 6.03 Å². The molecule has 1 heterocycles. The molecule has 0 aromatic heterocycles. The molecule has 8 heteroatoms. The van der Waals surface area contributed by atoms with E-state index in [1.807, 2.05) is 24.3 Å². The van der Waals surface area contributed by atoms with Crippen LogP contribution in [0.25, 0.3) is 0 Å². The highest BCUT2D eigenvalue weighted by Gasteiger charge is 2.22. The summed E-state index contributed by atoms with van der Waals surface area (Å²) in [5.41, 5.74) is 1.04. The number of para-hydroxylation sites is 2. The molecule has 144 valence electrons. The van der Waals surface area contributed by atoms with E-state index in [2.05, 4.69) is 10.2 Å². The molecule has 0 bridgehead atoms. The van der Waals surface area contributed by atoms with Crippen LogP contribution in [0.4, 0.5) is 10.5 Å². The summed E-state index contributed by atoms with van der Waals surface area (Å²) in [6, 6.07) is 12.7. The van der Waals surface area contributed by atoms with Gasteiger partial charge in [0.25, 0.3) is 0 Å². The maximum absolute atomic E-state index is 12.3. The first-order valence-corrected chi connectivity index (χ1v) is 9.32. The number of piperazine rings is 1. The molecular formula is C19H21Cl2N3O3. The fourth-order valence-electron chi connectivity index (χ4n) is 2.92. The van der Waals surface area contributed by atoms with Gasteiger partial charge in [-0.3, -0.25) is 0 Å². The molecule has 2 aromatic carbocycles. The average Bonchev–Trinajstić information content (AvgIpc) is 2.69. The van der Waals surface area contributed by atoms with Gasteiger partial charge in [0.15, 0.2) is 6.73 Å². The largest absolute Gasteiger partial charge is 0.495 e. The number of carbonyl (C=O) groups is 1. The van der Waals surface area contributed by atoms with Crippen LogP contribution in [0, 0.1) is 0 Å². The van der Waals surface area contributed by atoms with Crippen molar-refractivity contribution >= 4 is 34.9 Å². The van der Waals surface area contributed by atoms with E-state index in [1.165, 1.54) is 0 Å². The minimum atomic E-state index is -0.167. The van der Waals surface area contributed by atoms with E-state index < -0.39 is 0 Å². The third kappa shape index (κ3) is 4.90. The second-order valence-corrected chi connectivity index (χ2v) is 6.83. The summed E-state index contributed by atoms with van der Waals surface area (Å²) in [5, 5.41) is 3.69. The monoisotopic (exact) mass is 409 g/mol. The summed E-state index contributed by atoms with van der Waals surface area (Å²) in [7, 11) is 1.66. The number of amides is 2. The molecule has 6 nitrogen and oxygen atoms in total. The molecule has 0 atom stereocenters. The van der Waals surface area contributed by atoms with Crippen molar-refractivity contribution in [2.75, 3.05) is 44.9 Å². The molecule has 0 aliphatic carbocycles. The zero-order chi connectivity index (χ0) is 19.2. The SMILES string of the molecule is COc1ccccc1N1CCN(C(=O)NCOc2ccc(Cl)cc2Cl)CC1. The number of carbonyl (C=O) groups excluding carboxylic acids is 1. The van der Waals surface area contributed by atoms with Crippen LogP contribution in [-0.4, -0.2) is 51.0 Å². The quantitative estimate of drug-likeness (QED) is 0.761. The number of nitrogens with one attached hydrogen (secondary N) is 1. The fourth-order valence-corrected chi connectivity index (χ4v) is 3.38. The van der Waals surface area contributed by atoms with Gasteiger partial charge < -0.3 is 24.6 Å². The molecule has 1 fully saturated rings. The second kappa shape index (κ2) is 9.06. The number of hydrogen-bond acceptors (Lipinski definition) is 4. The Bertz CT molecular complexity index is 796. The van der Waals surface area contributed by atoms with Crippen molar-refractivity contribution in [1.29, 1.82) is 0 Å². The molecular weight excluding hydrogens is 389 g/mol. The Balaban J connectivity index is 1.47. The van der Waals surface area contributed by atoms with E-state index >= 15 is 0 Å². The van der Waals surface area contributed by atoms with E-state index in [0.717, 1.165) is 24.5 Å². The standard InChI is InChI=1S/C19H21Cl2N3O3/c1-26-18-5-3-2-4-16(18)23-8-10-24(11-9-23)19(25)22-13-27-17-7-6-14(20)12-15(17)21/h2-7,12H,8-11,13H2,1H3,(H,22,25). The number of rotatable bonds is 5. The topological polar surface area (TPSA) is 54.0 Å². The molecule has 1 aliphatic heterocycles. The lowest BCUT2D eigenvalue weighted by atomic mass is 10.2. The fraction of sp³-hybridized carbons (Fsp3) is 0.316. The van der Waals surface area contributed by atoms with Crippen LogP contribution in [0.15, 0.2) is 42.5 Å². The van der Waals surface area contributed by atoms with Gasteiger partial charge in [0, 0.05) is 31.2 Å². The predicted octanol–water partition coefficient (Wildman–Crippen LogP) is 3.87. The Morgan fingerprint density at radius 2 is 1.81 bits per heavy atom. The Morgan fingerprint density at radius 1 is 1.07 bits per heavy atom. The van der Waals surface area contributed by atoms with Gasteiger partial charge in [-0.1, -0.05) is 35.3 Å². The molecule has 0 spiro atoms. The van der Waals surface area contributed by atoms with Crippen LogP contribution in [-0.2, 0) is 0 Å². The van der Waals surface area contributed by atoms with Gasteiger partial charge in [0.2, 0.25) is 0 Å². The van der Waals surface area contributed by atoms with Crippen molar-refractivity contribution in [1.82, 2.24) is 10.2 Å². The zero-order valence-electron chi connectivity index (χ0n) is 15.0. The van der Waals surface area contributed by atoms with Gasteiger partial charge in [-0.25, -0.2) is 4.79 Å². The van der Waals surface area contributed by atoms with E-state index in [1.54, 1.807) is 30.2 Å². The smallest absolute Gasteiger partial charge is 0.320 e. The highest BCUT2D eigenvalue weighted by Crippen LogP contribution is 2.29. The first-order valence-electron chi connectivity index (χ1n) is 8.57. The van der Waals surface area contributed by atoms with Gasteiger partial charge in [0.05, 0.1) is 17.8 Å². The molecule has 1 saturated heterocycles. The van der Waals surface area contributed by atoms with Crippen molar-refractivity contribution in [3.8, 4) is 11.5 Å². The summed E-state index contributed by atoms with van der Waals surface area (Å²) in [6.07, 6.45) is 0. The van der Waals surface area contributed by atoms with Gasteiger partial charge in [-0.2, -0.15) is 0 Å². The van der Waals surface area contributed by atoms with Crippen molar-refractivity contribution in [2.24, 2.45) is 0 Å². The lowest BCUT2D eigenvalue weighted by molar-refractivity contribution is 0.181. The molecule has 0 radical (unpaired) electrons. The molecule has 1 aliphatic rings. The predicted molar refractivity (Wildman–Crippen MR) is 107 cm³/mol. The Hall–Kier alpha value is -2.31. The van der Waals surface area contributed by atoms with Crippen LogP contribution in [0.2, 0.25) is 10.0 Å². The van der Waals surface area contributed by atoms with Crippen LogP contribution >= 0.6 is 23.2 Å². The number of ether oxygens (including phenoxy) is 2. The lowest BCUT2D eigenvalue weighted by Gasteiger charge is -2.36. The summed E-state index contributed by atoms with van der Waals surface area (Å²) in [6.45, 7) is 2.74. The second-order valence-electron chi connectivity index (χ2n) is 5.99. The zero-order valence-corrected chi connectivity index (χ0v) is 16.5. The normalized spacial score (nSPS) is 14.0. The number of nitrogens with zero attached hydrogens (tertiary/aromatic N) is 2. The first kappa shape index (κ1) is 19.5. The maximum Gasteiger partial charge on any atom is 0.320 e. The third-order valence-corrected chi connectivity index (χ3v) is 4.87. The van der Waals surface area contributed by atoms with Crippen LogP contribution < -0.4 is 19.7 Å². The molecule has 3 rings (SSSR count). The van der Waals surface area contributed by atoms with Gasteiger partial charge in [0.1, 0.15) is 11.5 Å². The number of anilines is 1. The number of methoxy groups -OCH3 is 1. The minimum Gasteiger partial charge on any atom is -0.495 e. The maximum atomic E-state index is 12.3. The first-order chi connectivity index (χ1) is 13.1. The third-order valence-electron chi connectivity index (χ3n) is 4.34. The molecule has 27 heavy (non-hydrogen) atoms. The highest BCUT2D eigenvalue weighted by molar-refractivity contribution is 6.35. The Morgan fingerprint density at radius 3 is 2.52 bits per heavy atom. The summed E-state index contributed by atoms with van der Waals surface area (Å²) < 4.78 is 10.9. The van der Waals surface area contributed by atoms with Crippen molar-refractivity contribution in [2.45, 2.75) is 0 Å². The van der Waals surface area contributed by atoms with Crippen molar-refractivity contribution in [3.05, 3.63) is 52.5 Å². The minimum absolute atomic E-state index is 0.0346. The summed E-state index contributed by atoms with van der Waals surface area (Å²) >= 11 is 11.9. The number of halogens is 2. The van der Waals surface area contributed by atoms with Crippen molar-refractivity contribution in [3.63, 3.8) is 0 Å². The summed E-state index contributed by atoms with van der Waals surface area (Å²) in [4.78, 5) is 16.3. The molecule has 2 amide bonds. The Labute approximate surface area is 168 Å². The lowest BCUT2D eigenvalue weighted by Crippen LogP contribution is -2.52. The number of urea groups is 1. The van der Waals surface area contributed by atoms with E-state index in [4.69, 9.17) is 32.7 Å². The van der Waals surface area contributed by atoms with Crippen molar-refractivity contribution < 1.29 is 14.3 Å². The summed E-state index contributed by atoms with van der Waals surface area (Å²) in [5.74, 6) is 1.31. The molecule has 0 saturated carbocycles. The molecule has 0 unspecified atom stereocenters. The van der Waals surface area contributed by atoms with Gasteiger partial charge in [-0.05, 0) is 30.3 Å². The average molecular weight is 410 g/mol. The Kier molecular flexibility index (Phi) is 6.53. The molecule has 1 N–H and O–H groups in total. The number of hydrogen-bond donors (Lipinski definition) is 1. The molecule has 2 aromatic rings. The highest BCUT2D eigenvalue weighted by atomic mass is 35.5. The van der Waals surface area contributed by atoms with Crippen LogP contribution in [0.5, 0.6) is 11.5 Å². The van der Waals surface area contributed by atoms with E-state index in [9.17, 15) is 4.79 Å². The number of benzene rings is 2.